The van der Waals surface area contributed by atoms with Crippen molar-refractivity contribution in [1.82, 2.24) is 0 Å². The van der Waals surface area contributed by atoms with Crippen molar-refractivity contribution in [3.63, 3.8) is 0 Å². The lowest BCUT2D eigenvalue weighted by molar-refractivity contribution is 0.495. The molecule has 0 rings (SSSR count). The molecule has 0 amide bonds. The Hall–Kier alpha value is -0.590. The molecule has 0 saturated heterocycles. The Balaban J connectivity index is 3.61. The second kappa shape index (κ2) is 10.5. The molecule has 0 saturated carbocycles. The van der Waals surface area contributed by atoms with Crippen LogP contribution in [0.2, 0.25) is 0 Å². The van der Waals surface area contributed by atoms with Crippen LogP contribution in [-0.2, 0) is 4.79 Å². The van der Waals surface area contributed by atoms with Gasteiger partial charge in [-0.15, -0.1) is 0 Å². The van der Waals surface area contributed by atoms with Crippen LogP contribution >= 0.6 is 0 Å². The van der Waals surface area contributed by atoms with Gasteiger partial charge < -0.3 is 0 Å². The monoisotopic (exact) mass is 195 g/mol. The number of unbranched alkanes of at least 4 members (excludes halogenated alkanes) is 3. The molecule has 0 aliphatic heterocycles. The SMILES string of the molecule is CCCCCCC(C=C[C]=O)CCC. The summed E-state index contributed by atoms with van der Waals surface area (Å²) >= 11 is 0. The summed E-state index contributed by atoms with van der Waals surface area (Å²) in [6, 6.07) is 0. The van der Waals surface area contributed by atoms with E-state index in [1.54, 1.807) is 0 Å². The lowest BCUT2D eigenvalue weighted by Gasteiger charge is -2.10. The first-order chi connectivity index (χ1) is 6.85. The molecule has 0 aromatic carbocycles. The molecule has 1 unspecified atom stereocenters. The van der Waals surface area contributed by atoms with Crippen molar-refractivity contribution >= 4 is 6.29 Å². The number of hydrogen-bond donors (Lipinski definition) is 0. The number of hydrogen-bond acceptors (Lipinski definition) is 1. The molecule has 81 valence electrons. The van der Waals surface area contributed by atoms with E-state index in [4.69, 9.17) is 0 Å². The third kappa shape index (κ3) is 8.03. The Morgan fingerprint density at radius 2 is 1.86 bits per heavy atom. The van der Waals surface area contributed by atoms with Crippen molar-refractivity contribution in [2.75, 3.05) is 0 Å². The number of allylic oxidation sites excluding steroid dienone is 2. The van der Waals surface area contributed by atoms with Crippen LogP contribution in [0.5, 0.6) is 0 Å². The van der Waals surface area contributed by atoms with Crippen molar-refractivity contribution in [2.24, 2.45) is 5.92 Å². The Morgan fingerprint density at radius 1 is 1.07 bits per heavy atom. The first-order valence-corrected chi connectivity index (χ1v) is 5.89. The van der Waals surface area contributed by atoms with Gasteiger partial charge in [-0.1, -0.05) is 52.0 Å². The predicted molar refractivity (Wildman–Crippen MR) is 62.0 cm³/mol. The molecular formula is C13H23O. The smallest absolute Gasteiger partial charge is 0.225 e. The van der Waals surface area contributed by atoms with E-state index >= 15 is 0 Å². The lowest BCUT2D eigenvalue weighted by atomic mass is 9.96. The number of rotatable bonds is 9. The predicted octanol–water partition coefficient (Wildman–Crippen LogP) is 4.04. The minimum Gasteiger partial charge on any atom is -0.286 e. The van der Waals surface area contributed by atoms with Gasteiger partial charge in [0.25, 0.3) is 0 Å². The maximum absolute atomic E-state index is 10.1. The average Bonchev–Trinajstić information content (AvgIpc) is 2.20. The molecule has 1 atom stereocenters. The van der Waals surface area contributed by atoms with Gasteiger partial charge in [0.1, 0.15) is 0 Å². The molecule has 0 aliphatic carbocycles. The fourth-order valence-electron chi connectivity index (χ4n) is 1.72. The van der Waals surface area contributed by atoms with Crippen LogP contribution in [0.25, 0.3) is 0 Å². The maximum Gasteiger partial charge on any atom is 0.225 e. The third-order valence-electron chi connectivity index (χ3n) is 2.52. The van der Waals surface area contributed by atoms with Gasteiger partial charge in [-0.05, 0) is 24.8 Å². The van der Waals surface area contributed by atoms with Crippen molar-refractivity contribution in [3.05, 3.63) is 12.2 Å². The molecule has 1 heteroatoms. The topological polar surface area (TPSA) is 17.1 Å². The van der Waals surface area contributed by atoms with E-state index in [2.05, 4.69) is 13.8 Å². The molecule has 0 bridgehead atoms. The molecule has 1 nitrogen and oxygen atoms in total. The van der Waals surface area contributed by atoms with E-state index in [-0.39, 0.29) is 0 Å². The molecule has 1 radical (unpaired) electrons. The summed E-state index contributed by atoms with van der Waals surface area (Å²) in [6.07, 6.45) is 14.2. The molecular weight excluding hydrogens is 172 g/mol. The van der Waals surface area contributed by atoms with E-state index in [1.807, 2.05) is 12.4 Å². The second-order valence-electron chi connectivity index (χ2n) is 3.88. The second-order valence-corrected chi connectivity index (χ2v) is 3.88. The van der Waals surface area contributed by atoms with Crippen LogP contribution in [0, 0.1) is 5.92 Å². The van der Waals surface area contributed by atoms with Crippen LogP contribution in [-0.4, -0.2) is 6.29 Å². The summed E-state index contributed by atoms with van der Waals surface area (Å²) < 4.78 is 0. The van der Waals surface area contributed by atoms with Gasteiger partial charge in [0, 0.05) is 0 Å². The van der Waals surface area contributed by atoms with Crippen LogP contribution < -0.4 is 0 Å². The first-order valence-electron chi connectivity index (χ1n) is 5.89. The fraction of sp³-hybridized carbons (Fsp3) is 0.769. The highest BCUT2D eigenvalue weighted by atomic mass is 16.1. The van der Waals surface area contributed by atoms with E-state index in [1.165, 1.54) is 51.0 Å². The quantitative estimate of drug-likeness (QED) is 0.401. The lowest BCUT2D eigenvalue weighted by Crippen LogP contribution is -1.96. The fourth-order valence-corrected chi connectivity index (χ4v) is 1.72. The highest BCUT2D eigenvalue weighted by molar-refractivity contribution is 5.65. The molecule has 0 aromatic rings. The summed E-state index contributed by atoms with van der Waals surface area (Å²) in [5, 5.41) is 0. The minimum absolute atomic E-state index is 0.596. The van der Waals surface area contributed by atoms with Gasteiger partial charge in [0.2, 0.25) is 6.29 Å². The third-order valence-corrected chi connectivity index (χ3v) is 2.52. The zero-order valence-electron chi connectivity index (χ0n) is 9.59. The summed E-state index contributed by atoms with van der Waals surface area (Å²) in [4.78, 5) is 10.1. The summed E-state index contributed by atoms with van der Waals surface area (Å²) in [6.45, 7) is 4.42. The van der Waals surface area contributed by atoms with E-state index in [0.29, 0.717) is 5.92 Å². The Morgan fingerprint density at radius 3 is 2.43 bits per heavy atom. The van der Waals surface area contributed by atoms with Gasteiger partial charge in [0.05, 0.1) is 0 Å². The molecule has 0 aromatic heterocycles. The van der Waals surface area contributed by atoms with Crippen LogP contribution in [0.3, 0.4) is 0 Å². The van der Waals surface area contributed by atoms with Crippen LogP contribution in [0.15, 0.2) is 12.2 Å². The maximum atomic E-state index is 10.1. The summed E-state index contributed by atoms with van der Waals surface area (Å²) in [5.74, 6) is 0.596. The van der Waals surface area contributed by atoms with E-state index in [9.17, 15) is 4.79 Å². The Kier molecular flexibility index (Phi) is 10.0. The van der Waals surface area contributed by atoms with Crippen molar-refractivity contribution < 1.29 is 4.79 Å². The molecule has 0 fully saturated rings. The molecule has 0 spiro atoms. The minimum atomic E-state index is 0.596. The zero-order valence-corrected chi connectivity index (χ0v) is 9.59. The summed E-state index contributed by atoms with van der Waals surface area (Å²) in [5.41, 5.74) is 0. The summed E-state index contributed by atoms with van der Waals surface area (Å²) in [7, 11) is 0. The Bertz CT molecular complexity index is 149. The molecule has 0 heterocycles. The van der Waals surface area contributed by atoms with E-state index < -0.39 is 0 Å². The van der Waals surface area contributed by atoms with Crippen molar-refractivity contribution in [3.8, 4) is 0 Å². The van der Waals surface area contributed by atoms with Crippen LogP contribution in [0.4, 0.5) is 0 Å². The highest BCUT2D eigenvalue weighted by Crippen LogP contribution is 2.17. The normalized spacial score (nSPS) is 13.3. The van der Waals surface area contributed by atoms with Gasteiger partial charge in [-0.2, -0.15) is 0 Å². The van der Waals surface area contributed by atoms with Crippen molar-refractivity contribution in [1.29, 1.82) is 0 Å². The zero-order chi connectivity index (χ0) is 10.6. The van der Waals surface area contributed by atoms with Crippen molar-refractivity contribution in [2.45, 2.75) is 58.8 Å². The average molecular weight is 195 g/mol. The van der Waals surface area contributed by atoms with Crippen LogP contribution in [0.1, 0.15) is 58.8 Å². The standard InChI is InChI=1S/C13H23O/c1-3-5-6-7-10-13(9-4-2)11-8-12-14/h8,11,13H,3-7,9-10H2,1-2H3. The first kappa shape index (κ1) is 13.4. The van der Waals surface area contributed by atoms with E-state index in [0.717, 1.165) is 0 Å². The van der Waals surface area contributed by atoms with Gasteiger partial charge in [-0.3, -0.25) is 4.79 Å². The van der Waals surface area contributed by atoms with Gasteiger partial charge in [-0.25, -0.2) is 0 Å². The molecule has 14 heavy (non-hydrogen) atoms. The number of carbonyl (C=O) groups excluding carboxylic acids is 1. The largest absolute Gasteiger partial charge is 0.286 e. The molecule has 0 aliphatic rings. The highest BCUT2D eigenvalue weighted by Gasteiger charge is 2.02. The molecule has 0 N–H and O–H groups in total. The Labute approximate surface area is 88.6 Å². The van der Waals surface area contributed by atoms with Gasteiger partial charge >= 0.3 is 0 Å². The van der Waals surface area contributed by atoms with Gasteiger partial charge in [0.15, 0.2) is 0 Å².